The minimum Gasteiger partial charge on any atom is -0.497 e. The van der Waals surface area contributed by atoms with Gasteiger partial charge in [0.25, 0.3) is 0 Å². The van der Waals surface area contributed by atoms with Crippen LogP contribution < -0.4 is 15.4 Å². The van der Waals surface area contributed by atoms with Crippen molar-refractivity contribution in [1.82, 2.24) is 4.90 Å². The number of rotatable bonds is 3. The van der Waals surface area contributed by atoms with Crippen molar-refractivity contribution in [3.05, 3.63) is 88.4 Å². The van der Waals surface area contributed by atoms with Gasteiger partial charge in [-0.15, -0.1) is 0 Å². The molecule has 0 bridgehead atoms. The lowest BCUT2D eigenvalue weighted by Crippen LogP contribution is -2.55. The van der Waals surface area contributed by atoms with Crippen LogP contribution in [0.25, 0.3) is 0 Å². The number of ketones is 1. The van der Waals surface area contributed by atoms with Crippen LogP contribution in [0.5, 0.6) is 5.75 Å². The Bertz CT molecular complexity index is 1510. The number of hydrogen-bond acceptors (Lipinski definition) is 5. The monoisotopic (exact) mass is 513 g/mol. The van der Waals surface area contributed by atoms with Crippen molar-refractivity contribution in [2.45, 2.75) is 29.8 Å². The number of methoxy groups -OCH3 is 1. The average Bonchev–Trinajstić information content (AvgIpc) is 3.63. The van der Waals surface area contributed by atoms with Crippen molar-refractivity contribution in [1.29, 1.82) is 0 Å². The molecule has 4 atom stereocenters. The highest BCUT2D eigenvalue weighted by molar-refractivity contribution is 6.35. The second-order valence-electron chi connectivity index (χ2n) is 10.1. The lowest BCUT2D eigenvalue weighted by atomic mass is 9.60. The van der Waals surface area contributed by atoms with Gasteiger partial charge in [0.15, 0.2) is 5.78 Å². The van der Waals surface area contributed by atoms with Crippen LogP contribution in [0.1, 0.15) is 34.3 Å². The van der Waals surface area contributed by atoms with Crippen LogP contribution in [0.3, 0.4) is 0 Å². The Labute approximate surface area is 218 Å². The number of fused-ring (bicyclic) bond motifs is 7. The molecule has 3 aromatic rings. The maximum atomic E-state index is 14.7. The highest BCUT2D eigenvalue weighted by Crippen LogP contribution is 2.66. The summed E-state index contributed by atoms with van der Waals surface area (Å²) in [6.45, 7) is 0.591. The van der Waals surface area contributed by atoms with Gasteiger partial charge in [0.1, 0.15) is 16.7 Å². The highest BCUT2D eigenvalue weighted by atomic mass is 35.5. The van der Waals surface area contributed by atoms with Gasteiger partial charge < -0.3 is 15.4 Å². The minimum atomic E-state index is -1.38. The topological polar surface area (TPSA) is 87.7 Å². The lowest BCUT2D eigenvalue weighted by Gasteiger charge is -2.38. The first-order valence-electron chi connectivity index (χ1n) is 12.4. The van der Waals surface area contributed by atoms with E-state index in [1.54, 1.807) is 43.5 Å². The number of carbonyl (C=O) groups is 3. The van der Waals surface area contributed by atoms with Gasteiger partial charge in [-0.05, 0) is 61.3 Å². The third-order valence-electron chi connectivity index (χ3n) is 8.75. The number of hydrogen-bond donors (Lipinski definition) is 2. The molecule has 2 spiro atoms. The number of carbonyl (C=O) groups excluding carboxylic acids is 3. The first-order chi connectivity index (χ1) is 17.9. The van der Waals surface area contributed by atoms with E-state index in [2.05, 4.69) is 15.5 Å². The molecule has 3 aromatic carbocycles. The van der Waals surface area contributed by atoms with Crippen molar-refractivity contribution in [2.24, 2.45) is 5.92 Å². The van der Waals surface area contributed by atoms with E-state index in [0.717, 1.165) is 12.0 Å². The van der Waals surface area contributed by atoms with E-state index >= 15 is 0 Å². The predicted molar refractivity (Wildman–Crippen MR) is 139 cm³/mol. The van der Waals surface area contributed by atoms with Gasteiger partial charge in [-0.1, -0.05) is 41.9 Å². The zero-order valence-electron chi connectivity index (χ0n) is 20.1. The fraction of sp³-hybridized carbons (Fsp3) is 0.276. The Balaban J connectivity index is 1.56. The molecule has 37 heavy (non-hydrogen) atoms. The van der Waals surface area contributed by atoms with Crippen molar-refractivity contribution < 1.29 is 19.1 Å². The van der Waals surface area contributed by atoms with Gasteiger partial charge in [0.2, 0.25) is 11.8 Å². The number of nitrogens with zero attached hydrogens (tertiary/aromatic N) is 1. The molecular formula is C29H24ClN3O4. The summed E-state index contributed by atoms with van der Waals surface area (Å²) in [5.41, 5.74) is 0.413. The number of anilines is 2. The molecule has 4 aliphatic rings. The number of benzene rings is 3. The Morgan fingerprint density at radius 3 is 2.51 bits per heavy atom. The summed E-state index contributed by atoms with van der Waals surface area (Å²) in [7, 11) is 1.57. The molecule has 2 saturated heterocycles. The number of Topliss-reactive ketones (excluding diaryl/α,β-unsaturated/α-hetero) is 1. The van der Waals surface area contributed by atoms with Crippen LogP contribution in [0, 0.1) is 5.92 Å². The van der Waals surface area contributed by atoms with Gasteiger partial charge >= 0.3 is 0 Å². The molecule has 2 amide bonds. The lowest BCUT2D eigenvalue weighted by molar-refractivity contribution is -0.128. The Hall–Kier alpha value is -3.68. The summed E-state index contributed by atoms with van der Waals surface area (Å²) in [5.74, 6) is -1.21. The van der Waals surface area contributed by atoms with Crippen molar-refractivity contribution in [2.75, 3.05) is 24.3 Å². The quantitative estimate of drug-likeness (QED) is 0.508. The van der Waals surface area contributed by atoms with Crippen LogP contribution in [0.15, 0.2) is 66.7 Å². The second kappa shape index (κ2) is 7.66. The molecule has 7 rings (SSSR count). The van der Waals surface area contributed by atoms with Crippen LogP contribution >= 0.6 is 11.6 Å². The van der Waals surface area contributed by atoms with Gasteiger partial charge in [-0.2, -0.15) is 0 Å². The highest BCUT2D eigenvalue weighted by Gasteiger charge is 2.78. The maximum absolute atomic E-state index is 14.7. The summed E-state index contributed by atoms with van der Waals surface area (Å²) < 4.78 is 5.30. The molecule has 186 valence electrons. The second-order valence-corrected chi connectivity index (χ2v) is 10.5. The molecule has 0 saturated carbocycles. The van der Waals surface area contributed by atoms with Gasteiger partial charge in [-0.3, -0.25) is 19.3 Å². The molecule has 7 nitrogen and oxygen atoms in total. The van der Waals surface area contributed by atoms with Crippen molar-refractivity contribution in [3.8, 4) is 5.75 Å². The molecule has 0 aromatic heterocycles. The van der Waals surface area contributed by atoms with E-state index in [1.807, 2.05) is 30.3 Å². The van der Waals surface area contributed by atoms with Crippen molar-refractivity contribution in [3.63, 3.8) is 0 Å². The SMILES string of the molecule is COc1ccc(C(=O)[C@H]2[C@]3(C(=O)Nc4ccccc43)[C@@H]3CCCN3[C@@]23C(=O)Nc2c(Cl)cccc23)cc1. The Morgan fingerprint density at radius 2 is 1.73 bits per heavy atom. The van der Waals surface area contributed by atoms with Gasteiger partial charge in [-0.25, -0.2) is 0 Å². The smallest absolute Gasteiger partial charge is 0.250 e. The zero-order valence-corrected chi connectivity index (χ0v) is 20.8. The van der Waals surface area contributed by atoms with E-state index in [1.165, 1.54) is 0 Å². The molecule has 4 aliphatic heterocycles. The molecule has 0 aliphatic carbocycles. The molecule has 4 heterocycles. The van der Waals surface area contributed by atoms with Gasteiger partial charge in [0.05, 0.1) is 23.7 Å². The molecule has 0 unspecified atom stereocenters. The standard InChI is InChI=1S/C29H24ClN3O4/c1-37-17-13-11-16(12-14-17)24(34)25-28(18-6-2-3-9-21(18)31-26(28)35)22-10-5-15-33(22)29(25)19-7-4-8-20(30)23(19)32-27(29)36/h2-4,6-9,11-14,22,25H,5,10,15H2,1H3,(H,31,35)(H,32,36)/t22-,25-,28+,29+/m0/s1. The van der Waals surface area contributed by atoms with E-state index in [9.17, 15) is 14.4 Å². The number of amides is 2. The fourth-order valence-electron chi connectivity index (χ4n) is 7.46. The van der Waals surface area contributed by atoms with Crippen molar-refractivity contribution >= 4 is 40.6 Å². The number of halogens is 1. The number of ether oxygens (including phenoxy) is 1. The first-order valence-corrected chi connectivity index (χ1v) is 12.8. The van der Waals surface area contributed by atoms with Crippen LogP contribution in [-0.2, 0) is 20.5 Å². The van der Waals surface area contributed by atoms with E-state index in [0.29, 0.717) is 46.2 Å². The number of para-hydroxylation sites is 2. The Morgan fingerprint density at radius 1 is 0.973 bits per heavy atom. The summed E-state index contributed by atoms with van der Waals surface area (Å²) >= 11 is 6.57. The largest absolute Gasteiger partial charge is 0.497 e. The maximum Gasteiger partial charge on any atom is 0.250 e. The van der Waals surface area contributed by atoms with Crippen LogP contribution in [0.4, 0.5) is 11.4 Å². The molecule has 2 N–H and O–H groups in total. The average molecular weight is 514 g/mol. The molecular weight excluding hydrogens is 490 g/mol. The van der Waals surface area contributed by atoms with E-state index in [-0.39, 0.29) is 23.6 Å². The Kier molecular flexibility index (Phi) is 4.66. The first kappa shape index (κ1) is 22.5. The summed E-state index contributed by atoms with van der Waals surface area (Å²) in [4.78, 5) is 45.3. The third kappa shape index (κ3) is 2.58. The fourth-order valence-corrected chi connectivity index (χ4v) is 7.68. The van der Waals surface area contributed by atoms with Crippen LogP contribution in [0.2, 0.25) is 5.02 Å². The predicted octanol–water partition coefficient (Wildman–Crippen LogP) is 4.36. The normalized spacial score (nSPS) is 29.2. The molecule has 0 radical (unpaired) electrons. The van der Waals surface area contributed by atoms with Crippen LogP contribution in [-0.4, -0.2) is 42.2 Å². The van der Waals surface area contributed by atoms with E-state index < -0.39 is 16.9 Å². The third-order valence-corrected chi connectivity index (χ3v) is 9.06. The van der Waals surface area contributed by atoms with Gasteiger partial charge in [0, 0.05) is 22.9 Å². The summed E-state index contributed by atoms with van der Waals surface area (Å²) in [5, 5.41) is 6.46. The van der Waals surface area contributed by atoms with E-state index in [4.69, 9.17) is 16.3 Å². The summed E-state index contributed by atoms with van der Waals surface area (Å²) in [6.07, 6.45) is 1.51. The number of nitrogens with one attached hydrogen (secondary N) is 2. The molecule has 8 heteroatoms. The molecule has 2 fully saturated rings. The zero-order chi connectivity index (χ0) is 25.5. The minimum absolute atomic E-state index is 0.238. The summed E-state index contributed by atoms with van der Waals surface area (Å²) in [6, 6.07) is 19.5.